The first kappa shape index (κ1) is 15.0. The molecule has 0 saturated heterocycles. The summed E-state index contributed by atoms with van der Waals surface area (Å²) in [7, 11) is 1.36. The van der Waals surface area contributed by atoms with Gasteiger partial charge in [-0.05, 0) is 42.2 Å². The van der Waals surface area contributed by atoms with Crippen LogP contribution in [0.5, 0.6) is 0 Å². The van der Waals surface area contributed by atoms with Gasteiger partial charge in [-0.3, -0.25) is 4.79 Å². The summed E-state index contributed by atoms with van der Waals surface area (Å²) in [6, 6.07) is 13.0. The zero-order chi connectivity index (χ0) is 15.7. The number of esters is 1. The van der Waals surface area contributed by atoms with Gasteiger partial charge in [0, 0.05) is 16.0 Å². The maximum absolute atomic E-state index is 12.5. The molecule has 0 radical (unpaired) electrons. The number of rotatable bonds is 3. The van der Waals surface area contributed by atoms with Crippen LogP contribution in [0, 0.1) is 5.92 Å². The number of halogens is 1. The van der Waals surface area contributed by atoms with Crippen LogP contribution in [0.2, 0.25) is 0 Å². The summed E-state index contributed by atoms with van der Waals surface area (Å²) < 4.78 is 5.69. The fourth-order valence-corrected chi connectivity index (χ4v) is 3.43. The summed E-state index contributed by atoms with van der Waals surface area (Å²) in [5.41, 5.74) is 3.50. The maximum Gasteiger partial charge on any atom is 0.337 e. The van der Waals surface area contributed by atoms with Crippen molar-refractivity contribution in [2.45, 2.75) is 12.8 Å². The van der Waals surface area contributed by atoms with Crippen molar-refractivity contribution in [2.75, 3.05) is 7.11 Å². The maximum atomic E-state index is 12.5. The summed E-state index contributed by atoms with van der Waals surface area (Å²) in [6.45, 7) is 0. The Morgan fingerprint density at radius 3 is 2.59 bits per heavy atom. The van der Waals surface area contributed by atoms with Crippen LogP contribution in [0.15, 0.2) is 46.9 Å². The van der Waals surface area contributed by atoms with Crippen molar-refractivity contribution in [3.8, 4) is 0 Å². The van der Waals surface area contributed by atoms with Gasteiger partial charge in [0.25, 0.3) is 0 Å². The highest BCUT2D eigenvalue weighted by atomic mass is 79.9. The van der Waals surface area contributed by atoms with Crippen LogP contribution in [-0.4, -0.2) is 18.9 Å². The second-order valence-electron chi connectivity index (χ2n) is 5.42. The smallest absolute Gasteiger partial charge is 0.337 e. The molecule has 3 nitrogen and oxygen atoms in total. The van der Waals surface area contributed by atoms with Gasteiger partial charge < -0.3 is 4.74 Å². The summed E-state index contributed by atoms with van der Waals surface area (Å²) in [6.07, 6.45) is 1.44. The molecule has 1 aliphatic carbocycles. The molecule has 0 fully saturated rings. The van der Waals surface area contributed by atoms with E-state index < -0.39 is 0 Å². The molecule has 0 N–H and O–H groups in total. The van der Waals surface area contributed by atoms with Gasteiger partial charge in [-0.2, -0.15) is 0 Å². The molecular formula is C18H15BrO3. The van der Waals surface area contributed by atoms with Crippen molar-refractivity contribution >= 4 is 27.7 Å². The lowest BCUT2D eigenvalue weighted by molar-refractivity contribution is 0.0600. The van der Waals surface area contributed by atoms with Crippen molar-refractivity contribution in [1.82, 2.24) is 0 Å². The minimum absolute atomic E-state index is 0.0299. The van der Waals surface area contributed by atoms with Gasteiger partial charge in [0.1, 0.15) is 0 Å². The number of fused-ring (bicyclic) bond motifs is 1. The first-order valence-corrected chi connectivity index (χ1v) is 7.88. The molecule has 2 aromatic carbocycles. The molecule has 0 saturated carbocycles. The van der Waals surface area contributed by atoms with E-state index in [0.717, 1.165) is 27.6 Å². The van der Waals surface area contributed by atoms with Crippen molar-refractivity contribution in [1.29, 1.82) is 0 Å². The standard InChI is InChI=1S/C18H15BrO3/c1-22-18(21)12-7-5-11(6-8-12)9-13-10-15-14(17(13)20)3-2-4-16(15)19/h2-8,13H,9-10H2,1H3. The molecule has 22 heavy (non-hydrogen) atoms. The Labute approximate surface area is 137 Å². The second-order valence-corrected chi connectivity index (χ2v) is 6.28. The zero-order valence-corrected chi connectivity index (χ0v) is 13.7. The third-order valence-electron chi connectivity index (χ3n) is 4.06. The van der Waals surface area contributed by atoms with Crippen molar-refractivity contribution in [3.63, 3.8) is 0 Å². The van der Waals surface area contributed by atoms with Crippen LogP contribution in [0.3, 0.4) is 0 Å². The van der Waals surface area contributed by atoms with E-state index in [1.165, 1.54) is 7.11 Å². The van der Waals surface area contributed by atoms with E-state index in [9.17, 15) is 9.59 Å². The Balaban J connectivity index is 1.77. The van der Waals surface area contributed by atoms with Crippen LogP contribution in [0.1, 0.15) is 31.8 Å². The molecule has 1 unspecified atom stereocenters. The van der Waals surface area contributed by atoms with Crippen LogP contribution >= 0.6 is 15.9 Å². The van der Waals surface area contributed by atoms with Crippen molar-refractivity contribution < 1.29 is 14.3 Å². The number of benzene rings is 2. The highest BCUT2D eigenvalue weighted by Gasteiger charge is 2.31. The number of hydrogen-bond acceptors (Lipinski definition) is 3. The fourth-order valence-electron chi connectivity index (χ4n) is 2.90. The number of ether oxygens (including phenoxy) is 1. The molecule has 2 aromatic rings. The van der Waals surface area contributed by atoms with Gasteiger partial charge in [0.15, 0.2) is 5.78 Å². The molecule has 0 aromatic heterocycles. The Morgan fingerprint density at radius 2 is 1.95 bits per heavy atom. The highest BCUT2D eigenvalue weighted by Crippen LogP contribution is 2.33. The molecule has 1 aliphatic rings. The van der Waals surface area contributed by atoms with Gasteiger partial charge >= 0.3 is 5.97 Å². The average molecular weight is 359 g/mol. The second kappa shape index (κ2) is 6.05. The van der Waals surface area contributed by atoms with E-state index in [1.807, 2.05) is 30.3 Å². The molecule has 3 rings (SSSR count). The van der Waals surface area contributed by atoms with E-state index in [2.05, 4.69) is 20.7 Å². The number of ketones is 1. The van der Waals surface area contributed by atoms with Crippen LogP contribution in [0.25, 0.3) is 0 Å². The number of methoxy groups -OCH3 is 1. The third kappa shape index (κ3) is 2.71. The molecule has 0 heterocycles. The van der Waals surface area contributed by atoms with Crippen LogP contribution in [-0.2, 0) is 17.6 Å². The normalized spacial score (nSPS) is 16.5. The Bertz CT molecular complexity index is 734. The Kier molecular flexibility index (Phi) is 4.12. The summed E-state index contributed by atoms with van der Waals surface area (Å²) in [5, 5.41) is 0. The number of carbonyl (C=O) groups excluding carboxylic acids is 2. The number of hydrogen-bond donors (Lipinski definition) is 0. The van der Waals surface area contributed by atoms with E-state index >= 15 is 0 Å². The third-order valence-corrected chi connectivity index (χ3v) is 4.81. The predicted molar refractivity (Wildman–Crippen MR) is 87.2 cm³/mol. The molecule has 4 heteroatoms. The highest BCUT2D eigenvalue weighted by molar-refractivity contribution is 9.10. The molecule has 112 valence electrons. The minimum atomic E-state index is -0.347. The van der Waals surface area contributed by atoms with Gasteiger partial charge in [0.05, 0.1) is 12.7 Å². The predicted octanol–water partition coefficient (Wildman–Crippen LogP) is 3.83. The molecule has 0 bridgehead atoms. The van der Waals surface area contributed by atoms with Crippen molar-refractivity contribution in [2.24, 2.45) is 5.92 Å². The molecule has 0 aliphatic heterocycles. The minimum Gasteiger partial charge on any atom is -0.465 e. The first-order chi connectivity index (χ1) is 10.6. The monoisotopic (exact) mass is 358 g/mol. The van der Waals surface area contributed by atoms with Crippen LogP contribution < -0.4 is 0 Å². The van der Waals surface area contributed by atoms with Gasteiger partial charge in [0.2, 0.25) is 0 Å². The van der Waals surface area contributed by atoms with Gasteiger partial charge in [-0.15, -0.1) is 0 Å². The van der Waals surface area contributed by atoms with E-state index in [-0.39, 0.29) is 17.7 Å². The van der Waals surface area contributed by atoms with Crippen molar-refractivity contribution in [3.05, 3.63) is 69.2 Å². The Hall–Kier alpha value is -1.94. The SMILES string of the molecule is COC(=O)c1ccc(CC2Cc3c(Br)cccc3C2=O)cc1. The largest absolute Gasteiger partial charge is 0.465 e. The van der Waals surface area contributed by atoms with Gasteiger partial charge in [-0.1, -0.05) is 40.2 Å². The lowest BCUT2D eigenvalue weighted by Crippen LogP contribution is -2.12. The van der Waals surface area contributed by atoms with Gasteiger partial charge in [-0.25, -0.2) is 4.79 Å². The average Bonchev–Trinajstić information content (AvgIpc) is 2.85. The number of Topliss-reactive ketones (excluding diaryl/α,β-unsaturated/α-hetero) is 1. The van der Waals surface area contributed by atoms with E-state index in [0.29, 0.717) is 12.0 Å². The Morgan fingerprint density at radius 1 is 1.23 bits per heavy atom. The molecule has 0 spiro atoms. The van der Waals surface area contributed by atoms with E-state index in [1.54, 1.807) is 12.1 Å². The molecular weight excluding hydrogens is 344 g/mol. The molecule has 0 amide bonds. The quantitative estimate of drug-likeness (QED) is 0.783. The fraction of sp³-hybridized carbons (Fsp3) is 0.222. The summed E-state index contributed by atoms with van der Waals surface area (Å²) in [4.78, 5) is 23.9. The van der Waals surface area contributed by atoms with E-state index in [4.69, 9.17) is 0 Å². The lowest BCUT2D eigenvalue weighted by Gasteiger charge is -2.08. The summed E-state index contributed by atoms with van der Waals surface area (Å²) >= 11 is 3.52. The summed E-state index contributed by atoms with van der Waals surface area (Å²) in [5.74, 6) is -0.175. The zero-order valence-electron chi connectivity index (χ0n) is 12.1. The lowest BCUT2D eigenvalue weighted by atomic mass is 9.95. The first-order valence-electron chi connectivity index (χ1n) is 7.09. The topological polar surface area (TPSA) is 43.4 Å². The molecule has 1 atom stereocenters. The number of carbonyl (C=O) groups is 2. The van der Waals surface area contributed by atoms with Crippen LogP contribution in [0.4, 0.5) is 0 Å².